The SMILES string of the molecule is CN(C)C1CCN(c2cc[c]cc2C(F)(F)F)C1. The molecule has 5 heteroatoms. The molecule has 18 heavy (non-hydrogen) atoms. The van der Waals surface area contributed by atoms with Crippen molar-refractivity contribution in [1.82, 2.24) is 4.90 Å². The van der Waals surface area contributed by atoms with E-state index in [1.165, 1.54) is 12.1 Å². The van der Waals surface area contributed by atoms with Crippen LogP contribution < -0.4 is 4.90 Å². The van der Waals surface area contributed by atoms with Crippen molar-refractivity contribution in [3.05, 3.63) is 29.8 Å². The third-order valence-corrected chi connectivity index (χ3v) is 3.38. The molecule has 1 aromatic carbocycles. The molecule has 1 aromatic rings. The van der Waals surface area contributed by atoms with Gasteiger partial charge in [-0.3, -0.25) is 0 Å². The van der Waals surface area contributed by atoms with Gasteiger partial charge in [0.05, 0.1) is 5.56 Å². The maximum atomic E-state index is 12.9. The minimum Gasteiger partial charge on any atom is -0.369 e. The third kappa shape index (κ3) is 2.61. The van der Waals surface area contributed by atoms with Gasteiger partial charge >= 0.3 is 6.18 Å². The van der Waals surface area contributed by atoms with Crippen LogP contribution in [0.1, 0.15) is 12.0 Å². The van der Waals surface area contributed by atoms with Gasteiger partial charge in [-0.2, -0.15) is 13.2 Å². The zero-order chi connectivity index (χ0) is 13.3. The average molecular weight is 257 g/mol. The molecule has 0 spiro atoms. The van der Waals surface area contributed by atoms with E-state index < -0.39 is 11.7 Å². The lowest BCUT2D eigenvalue weighted by molar-refractivity contribution is -0.137. The van der Waals surface area contributed by atoms with Crippen LogP contribution in [-0.4, -0.2) is 38.1 Å². The van der Waals surface area contributed by atoms with Crippen LogP contribution in [-0.2, 0) is 6.18 Å². The van der Waals surface area contributed by atoms with E-state index >= 15 is 0 Å². The highest BCUT2D eigenvalue weighted by Crippen LogP contribution is 2.37. The van der Waals surface area contributed by atoms with E-state index in [-0.39, 0.29) is 5.69 Å². The van der Waals surface area contributed by atoms with Crippen LogP contribution >= 0.6 is 0 Å². The van der Waals surface area contributed by atoms with Crippen LogP contribution in [0.2, 0.25) is 0 Å². The van der Waals surface area contributed by atoms with Gasteiger partial charge in [-0.05, 0) is 38.7 Å². The summed E-state index contributed by atoms with van der Waals surface area (Å²) in [6, 6.07) is 6.89. The van der Waals surface area contributed by atoms with Gasteiger partial charge in [0.1, 0.15) is 0 Å². The Morgan fingerprint density at radius 3 is 2.67 bits per heavy atom. The largest absolute Gasteiger partial charge is 0.418 e. The number of likely N-dealkylation sites (N-methyl/N-ethyl adjacent to an activating group) is 1. The zero-order valence-corrected chi connectivity index (χ0v) is 10.5. The molecule has 1 heterocycles. The topological polar surface area (TPSA) is 6.48 Å². The molecule has 0 bridgehead atoms. The van der Waals surface area contributed by atoms with E-state index in [2.05, 4.69) is 11.0 Å². The molecule has 1 aliphatic rings. The number of hydrogen-bond acceptors (Lipinski definition) is 2. The number of hydrogen-bond donors (Lipinski definition) is 0. The van der Waals surface area contributed by atoms with Gasteiger partial charge in [-0.1, -0.05) is 6.07 Å². The van der Waals surface area contributed by atoms with Crippen molar-refractivity contribution in [1.29, 1.82) is 0 Å². The maximum absolute atomic E-state index is 12.9. The summed E-state index contributed by atoms with van der Waals surface area (Å²) in [7, 11) is 3.91. The van der Waals surface area contributed by atoms with Crippen LogP contribution in [0.15, 0.2) is 18.2 Å². The molecule has 2 rings (SSSR count). The molecule has 0 saturated carbocycles. The Labute approximate surface area is 105 Å². The minimum absolute atomic E-state index is 0.269. The number of alkyl halides is 3. The lowest BCUT2D eigenvalue weighted by Crippen LogP contribution is -2.32. The number of nitrogens with zero attached hydrogens (tertiary/aromatic N) is 2. The van der Waals surface area contributed by atoms with Crippen LogP contribution in [0.4, 0.5) is 18.9 Å². The Morgan fingerprint density at radius 1 is 1.39 bits per heavy atom. The Balaban J connectivity index is 2.25. The minimum atomic E-state index is -4.32. The molecule has 99 valence electrons. The summed E-state index contributed by atoms with van der Waals surface area (Å²) < 4.78 is 38.7. The second-order valence-electron chi connectivity index (χ2n) is 4.79. The van der Waals surface area contributed by atoms with Crippen molar-refractivity contribution >= 4 is 5.69 Å². The second kappa shape index (κ2) is 4.80. The Morgan fingerprint density at radius 2 is 2.11 bits per heavy atom. The van der Waals surface area contributed by atoms with Crippen molar-refractivity contribution in [2.24, 2.45) is 0 Å². The van der Waals surface area contributed by atoms with Gasteiger partial charge in [-0.15, -0.1) is 0 Å². The first kappa shape index (κ1) is 13.2. The first-order valence-corrected chi connectivity index (χ1v) is 5.88. The quantitative estimate of drug-likeness (QED) is 0.803. The molecule has 0 aromatic heterocycles. The predicted molar refractivity (Wildman–Crippen MR) is 64.6 cm³/mol. The van der Waals surface area contributed by atoms with Gasteiger partial charge in [0, 0.05) is 24.8 Å². The second-order valence-corrected chi connectivity index (χ2v) is 4.79. The number of anilines is 1. The maximum Gasteiger partial charge on any atom is 0.418 e. The molecular weight excluding hydrogens is 241 g/mol. The van der Waals surface area contributed by atoms with Gasteiger partial charge in [0.25, 0.3) is 0 Å². The van der Waals surface area contributed by atoms with Crippen LogP contribution in [0.3, 0.4) is 0 Å². The normalized spacial score (nSPS) is 20.8. The smallest absolute Gasteiger partial charge is 0.369 e. The standard InChI is InChI=1S/C13H16F3N2/c1-17(2)10-7-8-18(9-10)12-6-4-3-5-11(12)13(14,15)16/h4-6,10H,7-9H2,1-2H3. The summed E-state index contributed by atoms with van der Waals surface area (Å²) in [4.78, 5) is 3.86. The third-order valence-electron chi connectivity index (χ3n) is 3.38. The molecule has 1 saturated heterocycles. The molecule has 0 aliphatic carbocycles. The van der Waals surface area contributed by atoms with E-state index in [0.717, 1.165) is 12.5 Å². The molecule has 1 aliphatic heterocycles. The highest BCUT2D eigenvalue weighted by Gasteiger charge is 2.36. The summed E-state index contributed by atoms with van der Waals surface area (Å²) >= 11 is 0. The summed E-state index contributed by atoms with van der Waals surface area (Å²) in [5.41, 5.74) is -0.324. The van der Waals surface area contributed by atoms with Crippen molar-refractivity contribution < 1.29 is 13.2 Å². The monoisotopic (exact) mass is 257 g/mol. The zero-order valence-electron chi connectivity index (χ0n) is 10.5. The molecule has 1 radical (unpaired) electrons. The van der Waals surface area contributed by atoms with E-state index in [0.29, 0.717) is 19.1 Å². The molecule has 0 amide bonds. The van der Waals surface area contributed by atoms with E-state index in [1.807, 2.05) is 14.1 Å². The summed E-state index contributed by atoms with van der Waals surface area (Å²) in [5, 5.41) is 0. The number of benzene rings is 1. The highest BCUT2D eigenvalue weighted by molar-refractivity contribution is 5.55. The van der Waals surface area contributed by atoms with Gasteiger partial charge in [0.15, 0.2) is 0 Å². The summed E-state index contributed by atoms with van der Waals surface area (Å²) in [6.07, 6.45) is -3.42. The number of rotatable bonds is 2. The highest BCUT2D eigenvalue weighted by atomic mass is 19.4. The van der Waals surface area contributed by atoms with Crippen molar-refractivity contribution in [3.8, 4) is 0 Å². The first-order chi connectivity index (χ1) is 8.39. The Bertz CT molecular complexity index is 415. The van der Waals surface area contributed by atoms with Gasteiger partial charge < -0.3 is 9.80 Å². The molecule has 1 fully saturated rings. The fraction of sp³-hybridized carbons (Fsp3) is 0.538. The fourth-order valence-electron chi connectivity index (χ4n) is 2.31. The summed E-state index contributed by atoms with van der Waals surface area (Å²) in [6.45, 7) is 1.30. The Kier molecular flexibility index (Phi) is 3.52. The van der Waals surface area contributed by atoms with E-state index in [4.69, 9.17) is 0 Å². The molecule has 2 nitrogen and oxygen atoms in total. The fourth-order valence-corrected chi connectivity index (χ4v) is 2.31. The Hall–Kier alpha value is -1.23. The molecule has 0 N–H and O–H groups in total. The lowest BCUT2D eigenvalue weighted by Gasteiger charge is -2.24. The molecular formula is C13H16F3N2. The average Bonchev–Trinajstić information content (AvgIpc) is 2.77. The lowest BCUT2D eigenvalue weighted by atomic mass is 10.1. The van der Waals surface area contributed by atoms with Crippen LogP contribution in [0, 0.1) is 6.07 Å². The van der Waals surface area contributed by atoms with Crippen molar-refractivity contribution in [3.63, 3.8) is 0 Å². The van der Waals surface area contributed by atoms with Gasteiger partial charge in [-0.25, -0.2) is 0 Å². The van der Waals surface area contributed by atoms with Crippen LogP contribution in [0.5, 0.6) is 0 Å². The predicted octanol–water partition coefficient (Wildman–Crippen LogP) is 2.65. The molecule has 1 unspecified atom stereocenters. The number of halogens is 3. The van der Waals surface area contributed by atoms with Crippen molar-refractivity contribution in [2.75, 3.05) is 32.1 Å². The summed E-state index contributed by atoms with van der Waals surface area (Å²) in [5.74, 6) is 0. The molecule has 1 atom stereocenters. The first-order valence-electron chi connectivity index (χ1n) is 5.88. The van der Waals surface area contributed by atoms with E-state index in [9.17, 15) is 13.2 Å². The van der Waals surface area contributed by atoms with Crippen molar-refractivity contribution in [2.45, 2.75) is 18.6 Å². The van der Waals surface area contributed by atoms with E-state index in [1.54, 1.807) is 4.90 Å². The van der Waals surface area contributed by atoms with Gasteiger partial charge in [0.2, 0.25) is 0 Å². The van der Waals surface area contributed by atoms with Crippen LogP contribution in [0.25, 0.3) is 0 Å².